The van der Waals surface area contributed by atoms with Crippen LogP contribution in [-0.2, 0) is 13.0 Å². The smallest absolute Gasteiger partial charge is 0.0897 e. The highest BCUT2D eigenvalue weighted by atomic mass is 32.1. The molecule has 0 aliphatic rings. The minimum Gasteiger partial charge on any atom is -0.396 e. The molecule has 0 unspecified atom stereocenters. The van der Waals surface area contributed by atoms with Crippen molar-refractivity contribution in [3.05, 3.63) is 45.9 Å². The number of aromatic nitrogens is 1. The SMILES string of the molecule is Cc1ncc(CNc2ccc(CCO)cc2)s1. The van der Waals surface area contributed by atoms with Crippen LogP contribution in [0.4, 0.5) is 5.69 Å². The number of hydrogen-bond donors (Lipinski definition) is 2. The molecular weight excluding hydrogens is 232 g/mol. The molecular formula is C13H16N2OS. The molecule has 17 heavy (non-hydrogen) atoms. The molecule has 90 valence electrons. The highest BCUT2D eigenvalue weighted by Gasteiger charge is 1.98. The van der Waals surface area contributed by atoms with E-state index in [-0.39, 0.29) is 6.61 Å². The molecule has 2 aromatic rings. The zero-order chi connectivity index (χ0) is 12.1. The molecule has 0 aliphatic carbocycles. The Bertz CT molecular complexity index is 465. The fourth-order valence-corrected chi connectivity index (χ4v) is 2.33. The lowest BCUT2D eigenvalue weighted by molar-refractivity contribution is 0.299. The van der Waals surface area contributed by atoms with Gasteiger partial charge in [0.15, 0.2) is 0 Å². The standard InChI is InChI=1S/C13H16N2OS/c1-10-14-8-13(17-10)9-15-12-4-2-11(3-5-12)6-7-16/h2-5,8,15-16H,6-7,9H2,1H3. The van der Waals surface area contributed by atoms with Gasteiger partial charge in [-0.2, -0.15) is 0 Å². The highest BCUT2D eigenvalue weighted by Crippen LogP contribution is 2.15. The molecule has 3 nitrogen and oxygen atoms in total. The van der Waals surface area contributed by atoms with E-state index < -0.39 is 0 Å². The van der Waals surface area contributed by atoms with Crippen molar-refractivity contribution in [1.29, 1.82) is 0 Å². The van der Waals surface area contributed by atoms with E-state index >= 15 is 0 Å². The van der Waals surface area contributed by atoms with Crippen molar-refractivity contribution >= 4 is 17.0 Å². The van der Waals surface area contributed by atoms with Crippen LogP contribution in [0.15, 0.2) is 30.5 Å². The summed E-state index contributed by atoms with van der Waals surface area (Å²) >= 11 is 1.71. The third-order valence-corrected chi connectivity index (χ3v) is 3.40. The zero-order valence-corrected chi connectivity index (χ0v) is 10.6. The molecule has 1 aromatic carbocycles. The largest absolute Gasteiger partial charge is 0.396 e. The van der Waals surface area contributed by atoms with Gasteiger partial charge < -0.3 is 10.4 Å². The molecule has 0 radical (unpaired) electrons. The Morgan fingerprint density at radius 2 is 2.06 bits per heavy atom. The number of aliphatic hydroxyl groups excluding tert-OH is 1. The van der Waals surface area contributed by atoms with Gasteiger partial charge in [-0.25, -0.2) is 4.98 Å². The van der Waals surface area contributed by atoms with Gasteiger partial charge in [0.25, 0.3) is 0 Å². The van der Waals surface area contributed by atoms with Crippen molar-refractivity contribution in [3.63, 3.8) is 0 Å². The van der Waals surface area contributed by atoms with Crippen molar-refractivity contribution in [3.8, 4) is 0 Å². The Morgan fingerprint density at radius 1 is 1.29 bits per heavy atom. The first-order chi connectivity index (χ1) is 8.28. The van der Waals surface area contributed by atoms with Gasteiger partial charge in [-0.3, -0.25) is 0 Å². The van der Waals surface area contributed by atoms with Crippen LogP contribution in [0.2, 0.25) is 0 Å². The Kier molecular flexibility index (Phi) is 4.12. The molecule has 0 bridgehead atoms. The lowest BCUT2D eigenvalue weighted by Crippen LogP contribution is -1.98. The van der Waals surface area contributed by atoms with Crippen LogP contribution in [0.3, 0.4) is 0 Å². The molecule has 1 aromatic heterocycles. The second-order valence-corrected chi connectivity index (χ2v) is 5.19. The first kappa shape index (κ1) is 12.1. The van der Waals surface area contributed by atoms with Crippen LogP contribution in [0.25, 0.3) is 0 Å². The van der Waals surface area contributed by atoms with E-state index in [2.05, 4.69) is 10.3 Å². The molecule has 2 rings (SSSR count). The fraction of sp³-hybridized carbons (Fsp3) is 0.308. The Balaban J connectivity index is 1.90. The van der Waals surface area contributed by atoms with E-state index in [1.54, 1.807) is 11.3 Å². The second kappa shape index (κ2) is 5.80. The van der Waals surface area contributed by atoms with E-state index in [9.17, 15) is 0 Å². The molecule has 0 saturated carbocycles. The maximum absolute atomic E-state index is 8.82. The van der Waals surface area contributed by atoms with Crippen molar-refractivity contribution < 1.29 is 5.11 Å². The Morgan fingerprint density at radius 3 is 2.65 bits per heavy atom. The van der Waals surface area contributed by atoms with Gasteiger partial charge in [0.2, 0.25) is 0 Å². The molecule has 4 heteroatoms. The first-order valence-corrected chi connectivity index (χ1v) is 6.44. The number of thiazole rings is 1. The zero-order valence-electron chi connectivity index (χ0n) is 9.81. The molecule has 0 aliphatic heterocycles. The Hall–Kier alpha value is -1.39. The topological polar surface area (TPSA) is 45.2 Å². The van der Waals surface area contributed by atoms with Gasteiger partial charge in [0.05, 0.1) is 11.6 Å². The number of rotatable bonds is 5. The predicted octanol–water partition coefficient (Wildman–Crippen LogP) is 2.60. The molecule has 0 fully saturated rings. The normalized spacial score (nSPS) is 10.5. The summed E-state index contributed by atoms with van der Waals surface area (Å²) in [4.78, 5) is 5.46. The fourth-order valence-electron chi connectivity index (χ4n) is 1.59. The molecule has 0 amide bonds. The van der Waals surface area contributed by atoms with E-state index in [0.29, 0.717) is 6.42 Å². The van der Waals surface area contributed by atoms with Gasteiger partial charge in [-0.1, -0.05) is 12.1 Å². The summed E-state index contributed by atoms with van der Waals surface area (Å²) in [5.41, 5.74) is 2.25. The van der Waals surface area contributed by atoms with Crippen molar-refractivity contribution in [2.75, 3.05) is 11.9 Å². The quantitative estimate of drug-likeness (QED) is 0.855. The van der Waals surface area contributed by atoms with Crippen molar-refractivity contribution in [2.24, 2.45) is 0 Å². The summed E-state index contributed by atoms with van der Waals surface area (Å²) in [6.45, 7) is 3.02. The van der Waals surface area contributed by atoms with Crippen molar-refractivity contribution in [2.45, 2.75) is 19.9 Å². The second-order valence-electron chi connectivity index (χ2n) is 3.87. The summed E-state index contributed by atoms with van der Waals surface area (Å²) in [5.74, 6) is 0. The molecule has 0 atom stereocenters. The average Bonchev–Trinajstić information content (AvgIpc) is 2.75. The summed E-state index contributed by atoms with van der Waals surface area (Å²) in [7, 11) is 0. The molecule has 2 N–H and O–H groups in total. The summed E-state index contributed by atoms with van der Waals surface area (Å²) < 4.78 is 0. The van der Waals surface area contributed by atoms with Gasteiger partial charge in [0.1, 0.15) is 0 Å². The van der Waals surface area contributed by atoms with E-state index in [0.717, 1.165) is 22.8 Å². The van der Waals surface area contributed by atoms with E-state index in [4.69, 9.17) is 5.11 Å². The summed E-state index contributed by atoms with van der Waals surface area (Å²) in [6.07, 6.45) is 2.63. The highest BCUT2D eigenvalue weighted by molar-refractivity contribution is 7.11. The maximum Gasteiger partial charge on any atom is 0.0897 e. The summed E-state index contributed by atoms with van der Waals surface area (Å²) in [5, 5.41) is 13.3. The minimum absolute atomic E-state index is 0.201. The van der Waals surface area contributed by atoms with E-state index in [1.807, 2.05) is 37.4 Å². The number of hydrogen-bond acceptors (Lipinski definition) is 4. The number of nitrogens with zero attached hydrogens (tertiary/aromatic N) is 1. The monoisotopic (exact) mass is 248 g/mol. The van der Waals surface area contributed by atoms with Gasteiger partial charge in [-0.05, 0) is 31.0 Å². The third-order valence-electron chi connectivity index (χ3n) is 2.49. The maximum atomic E-state index is 8.82. The number of anilines is 1. The third kappa shape index (κ3) is 3.54. The van der Waals surface area contributed by atoms with Crippen molar-refractivity contribution in [1.82, 2.24) is 4.98 Å². The predicted molar refractivity (Wildman–Crippen MR) is 71.4 cm³/mol. The van der Waals surface area contributed by atoms with Crippen LogP contribution in [0.5, 0.6) is 0 Å². The van der Waals surface area contributed by atoms with Crippen LogP contribution in [0, 0.1) is 6.92 Å². The number of benzene rings is 1. The van der Waals surface area contributed by atoms with Crippen LogP contribution in [0.1, 0.15) is 15.4 Å². The lowest BCUT2D eigenvalue weighted by atomic mass is 10.1. The van der Waals surface area contributed by atoms with Crippen LogP contribution >= 0.6 is 11.3 Å². The average molecular weight is 248 g/mol. The lowest BCUT2D eigenvalue weighted by Gasteiger charge is -2.05. The van der Waals surface area contributed by atoms with Gasteiger partial charge in [-0.15, -0.1) is 11.3 Å². The van der Waals surface area contributed by atoms with Gasteiger partial charge >= 0.3 is 0 Å². The molecule has 1 heterocycles. The Labute approximate surface area is 105 Å². The minimum atomic E-state index is 0.201. The number of aryl methyl sites for hydroxylation is 1. The number of nitrogens with one attached hydrogen (secondary N) is 1. The van der Waals surface area contributed by atoms with Crippen LogP contribution < -0.4 is 5.32 Å². The number of aliphatic hydroxyl groups is 1. The summed E-state index contributed by atoms with van der Waals surface area (Å²) in [6, 6.07) is 8.16. The molecule has 0 saturated heterocycles. The van der Waals surface area contributed by atoms with E-state index in [1.165, 1.54) is 4.88 Å². The van der Waals surface area contributed by atoms with Gasteiger partial charge in [0, 0.05) is 23.4 Å². The molecule has 0 spiro atoms. The first-order valence-electron chi connectivity index (χ1n) is 5.63. The van der Waals surface area contributed by atoms with Crippen LogP contribution in [-0.4, -0.2) is 16.7 Å².